The number of benzene rings is 1. The zero-order valence-electron chi connectivity index (χ0n) is 8.36. The van der Waals surface area contributed by atoms with Crippen molar-refractivity contribution in [2.45, 2.75) is 19.8 Å². The van der Waals surface area contributed by atoms with Crippen LogP contribution in [0.15, 0.2) is 30.5 Å². The Labute approximate surface area is 84.1 Å². The lowest BCUT2D eigenvalue weighted by molar-refractivity contribution is 0.476. The zero-order valence-corrected chi connectivity index (χ0v) is 8.36. The normalized spacial score (nSPS) is 11.4. The number of rotatable bonds is 2. The molecule has 1 N–H and O–H groups in total. The summed E-state index contributed by atoms with van der Waals surface area (Å²) < 4.78 is 0. The molecule has 72 valence electrons. The number of hydrogen-bond donors (Lipinski definition) is 1. The summed E-state index contributed by atoms with van der Waals surface area (Å²) in [5, 5.41) is 17.5. The third-order valence-corrected chi connectivity index (χ3v) is 2.14. The maximum atomic E-state index is 8.77. The van der Waals surface area contributed by atoms with Crippen LogP contribution in [0.5, 0.6) is 0 Å². The summed E-state index contributed by atoms with van der Waals surface area (Å²) in [6.07, 6.45) is 0.838. The molecule has 2 heteroatoms. The van der Waals surface area contributed by atoms with Gasteiger partial charge in [0.15, 0.2) is 0 Å². The minimum absolute atomic E-state index is 0.292. The Kier molecular flexibility index (Phi) is 3.30. The minimum Gasteiger partial charge on any atom is -0.514 e. The van der Waals surface area contributed by atoms with Crippen molar-refractivity contribution in [2.24, 2.45) is 0 Å². The van der Waals surface area contributed by atoms with Crippen LogP contribution in [0, 0.1) is 11.3 Å². The van der Waals surface area contributed by atoms with Crippen molar-refractivity contribution in [1.29, 1.82) is 5.26 Å². The fourth-order valence-electron chi connectivity index (χ4n) is 1.22. The van der Waals surface area contributed by atoms with Crippen molar-refractivity contribution in [2.75, 3.05) is 0 Å². The van der Waals surface area contributed by atoms with E-state index in [9.17, 15) is 0 Å². The predicted octanol–water partition coefficient (Wildman–Crippen LogP) is 3.23. The van der Waals surface area contributed by atoms with Gasteiger partial charge >= 0.3 is 0 Å². The Morgan fingerprint density at radius 2 is 1.93 bits per heavy atom. The molecule has 0 fully saturated rings. The van der Waals surface area contributed by atoms with Gasteiger partial charge in [0.05, 0.1) is 11.8 Å². The van der Waals surface area contributed by atoms with Crippen molar-refractivity contribution < 1.29 is 5.11 Å². The molecule has 0 spiro atoms. The van der Waals surface area contributed by atoms with Gasteiger partial charge in [-0.25, -0.2) is 0 Å². The first-order valence-corrected chi connectivity index (χ1v) is 4.54. The van der Waals surface area contributed by atoms with Gasteiger partial charge in [-0.15, -0.1) is 0 Å². The second kappa shape index (κ2) is 4.48. The van der Waals surface area contributed by atoms with E-state index in [-0.39, 0.29) is 0 Å². The van der Waals surface area contributed by atoms with Gasteiger partial charge in [-0.1, -0.05) is 38.1 Å². The first-order chi connectivity index (χ1) is 6.69. The Balaban J connectivity index is 3.01. The lowest BCUT2D eigenvalue weighted by Crippen LogP contribution is -1.88. The average Bonchev–Trinajstić information content (AvgIpc) is 2.20. The Morgan fingerprint density at radius 1 is 1.36 bits per heavy atom. The SMILES string of the molecule is CC(C)c1ccc(/C(C#N)=C\O)cc1. The molecule has 0 radical (unpaired) electrons. The molecule has 0 amide bonds. The molecule has 0 saturated heterocycles. The maximum Gasteiger partial charge on any atom is 0.103 e. The molecule has 1 aromatic rings. The number of aliphatic hydroxyl groups is 1. The molecule has 0 aliphatic carbocycles. The van der Waals surface area contributed by atoms with Crippen LogP contribution in [0.3, 0.4) is 0 Å². The number of nitriles is 1. The molecule has 0 aliphatic rings. The molecule has 0 atom stereocenters. The molecule has 0 aromatic heterocycles. The van der Waals surface area contributed by atoms with E-state index >= 15 is 0 Å². The molecule has 0 saturated carbocycles. The molecular formula is C12H13NO. The van der Waals surface area contributed by atoms with Gasteiger partial charge in [-0.3, -0.25) is 0 Å². The molecule has 2 nitrogen and oxygen atoms in total. The van der Waals surface area contributed by atoms with E-state index in [4.69, 9.17) is 10.4 Å². The highest BCUT2D eigenvalue weighted by molar-refractivity contribution is 5.75. The van der Waals surface area contributed by atoms with Gasteiger partial charge in [0, 0.05) is 0 Å². The zero-order chi connectivity index (χ0) is 10.6. The average molecular weight is 187 g/mol. The second-order valence-electron chi connectivity index (χ2n) is 3.43. The topological polar surface area (TPSA) is 44.0 Å². The summed E-state index contributed by atoms with van der Waals surface area (Å²) in [4.78, 5) is 0. The summed E-state index contributed by atoms with van der Waals surface area (Å²) in [7, 11) is 0. The van der Waals surface area contributed by atoms with Crippen LogP contribution < -0.4 is 0 Å². The number of aliphatic hydroxyl groups excluding tert-OH is 1. The monoisotopic (exact) mass is 187 g/mol. The summed E-state index contributed by atoms with van der Waals surface area (Å²) in [5.41, 5.74) is 2.27. The van der Waals surface area contributed by atoms with E-state index in [1.807, 2.05) is 30.3 Å². The Hall–Kier alpha value is -1.75. The van der Waals surface area contributed by atoms with Gasteiger partial charge in [-0.2, -0.15) is 5.26 Å². The van der Waals surface area contributed by atoms with Gasteiger partial charge in [0.2, 0.25) is 0 Å². The van der Waals surface area contributed by atoms with Crippen LogP contribution >= 0.6 is 0 Å². The molecule has 0 aliphatic heterocycles. The van der Waals surface area contributed by atoms with Gasteiger partial charge in [0.25, 0.3) is 0 Å². The molecule has 0 bridgehead atoms. The molecule has 1 aromatic carbocycles. The molecular weight excluding hydrogens is 174 g/mol. The van der Waals surface area contributed by atoms with Crippen LogP contribution in [0.4, 0.5) is 0 Å². The minimum atomic E-state index is 0.292. The lowest BCUT2D eigenvalue weighted by Gasteiger charge is -2.05. The standard InChI is InChI=1S/C12H13NO/c1-9(2)10-3-5-11(6-4-10)12(7-13)8-14/h3-6,8-9,14H,1-2H3/b12-8-. The van der Waals surface area contributed by atoms with Gasteiger partial charge < -0.3 is 5.11 Å². The Morgan fingerprint density at radius 3 is 2.29 bits per heavy atom. The maximum absolute atomic E-state index is 8.77. The summed E-state index contributed by atoms with van der Waals surface area (Å²) in [6, 6.07) is 9.57. The van der Waals surface area contributed by atoms with Crippen molar-refractivity contribution >= 4 is 5.57 Å². The van der Waals surface area contributed by atoms with Crippen LogP contribution in [0.25, 0.3) is 5.57 Å². The fourth-order valence-corrected chi connectivity index (χ4v) is 1.22. The summed E-state index contributed by atoms with van der Waals surface area (Å²) in [6.45, 7) is 4.23. The van der Waals surface area contributed by atoms with Gasteiger partial charge in [-0.05, 0) is 17.0 Å². The molecule has 1 rings (SSSR count). The van der Waals surface area contributed by atoms with Crippen LogP contribution in [0.1, 0.15) is 30.9 Å². The van der Waals surface area contributed by atoms with E-state index in [1.165, 1.54) is 5.56 Å². The first-order valence-electron chi connectivity index (χ1n) is 4.54. The number of allylic oxidation sites excluding steroid dienone is 1. The second-order valence-corrected chi connectivity index (χ2v) is 3.43. The highest BCUT2D eigenvalue weighted by Crippen LogP contribution is 2.18. The van der Waals surface area contributed by atoms with Crippen molar-refractivity contribution in [3.63, 3.8) is 0 Å². The van der Waals surface area contributed by atoms with Crippen molar-refractivity contribution in [3.05, 3.63) is 41.7 Å². The molecule has 0 unspecified atom stereocenters. The lowest BCUT2D eigenvalue weighted by atomic mass is 10.00. The molecule has 0 heterocycles. The third kappa shape index (κ3) is 2.14. The van der Waals surface area contributed by atoms with E-state index in [0.717, 1.165) is 11.8 Å². The van der Waals surface area contributed by atoms with Gasteiger partial charge in [0.1, 0.15) is 6.07 Å². The largest absolute Gasteiger partial charge is 0.514 e. The van der Waals surface area contributed by atoms with E-state index in [2.05, 4.69) is 13.8 Å². The summed E-state index contributed by atoms with van der Waals surface area (Å²) >= 11 is 0. The van der Waals surface area contributed by atoms with E-state index in [1.54, 1.807) is 0 Å². The third-order valence-electron chi connectivity index (χ3n) is 2.14. The van der Waals surface area contributed by atoms with E-state index in [0.29, 0.717) is 11.5 Å². The van der Waals surface area contributed by atoms with Crippen LogP contribution in [-0.2, 0) is 0 Å². The van der Waals surface area contributed by atoms with Crippen LogP contribution in [-0.4, -0.2) is 5.11 Å². The van der Waals surface area contributed by atoms with Crippen molar-refractivity contribution in [3.8, 4) is 6.07 Å². The van der Waals surface area contributed by atoms with E-state index < -0.39 is 0 Å². The number of hydrogen-bond acceptors (Lipinski definition) is 2. The highest BCUT2D eigenvalue weighted by Gasteiger charge is 2.02. The smallest absolute Gasteiger partial charge is 0.103 e. The van der Waals surface area contributed by atoms with Crippen LogP contribution in [0.2, 0.25) is 0 Å². The predicted molar refractivity (Wildman–Crippen MR) is 56.7 cm³/mol. The first kappa shape index (κ1) is 10.3. The Bertz CT molecular complexity index is 368. The fraction of sp³-hybridized carbons (Fsp3) is 0.250. The molecule has 14 heavy (non-hydrogen) atoms. The van der Waals surface area contributed by atoms with Crippen molar-refractivity contribution in [1.82, 2.24) is 0 Å². The number of nitrogens with zero attached hydrogens (tertiary/aromatic N) is 1. The summed E-state index contributed by atoms with van der Waals surface area (Å²) in [5.74, 6) is 0.479. The highest BCUT2D eigenvalue weighted by atomic mass is 16.2. The quantitative estimate of drug-likeness (QED) is 0.570.